The van der Waals surface area contributed by atoms with Crippen molar-refractivity contribution in [3.8, 4) is 28.3 Å². The average Bonchev–Trinajstić information content (AvgIpc) is 3.20. The lowest BCUT2D eigenvalue weighted by atomic mass is 10.0. The Morgan fingerprint density at radius 1 is 0.871 bits per heavy atom. The van der Waals surface area contributed by atoms with E-state index in [1.807, 2.05) is 30.3 Å². The molecule has 166 valence electrons. The van der Waals surface area contributed by atoms with Gasteiger partial charge in [0.05, 0.1) is 6.10 Å². The summed E-state index contributed by atoms with van der Waals surface area (Å²) in [4.78, 5) is 0. The van der Waals surface area contributed by atoms with Crippen LogP contribution in [-0.4, -0.2) is 66.9 Å². The number of aryl methyl sites for hydroxylation is 2. The molecule has 1 aromatic heterocycles. The van der Waals surface area contributed by atoms with Gasteiger partial charge in [0.2, 0.25) is 18.1 Å². The van der Waals surface area contributed by atoms with Crippen molar-refractivity contribution in [3.05, 3.63) is 53.9 Å². The monoisotopic (exact) mass is 430 g/mol. The molecular weight excluding hydrogens is 404 g/mol. The molecule has 9 heteroatoms. The zero-order valence-corrected chi connectivity index (χ0v) is 17.2. The fraction of sp³-hybridized carbons (Fsp3) is 0.364. The molecule has 0 bridgehead atoms. The molecule has 0 saturated heterocycles. The number of aliphatic hydroxyl groups excluding tert-OH is 5. The SMILES string of the molecule is Cc1nnc(-c2ccc(-c3ccc(OC(O)C(O)C(O)C(O)CCO)c(C)c3)cc2)o1. The maximum atomic E-state index is 10.1. The smallest absolute Gasteiger partial charge is 0.247 e. The van der Waals surface area contributed by atoms with Gasteiger partial charge in [-0.2, -0.15) is 0 Å². The van der Waals surface area contributed by atoms with Gasteiger partial charge in [-0.3, -0.25) is 0 Å². The summed E-state index contributed by atoms with van der Waals surface area (Å²) in [7, 11) is 0. The van der Waals surface area contributed by atoms with Crippen molar-refractivity contribution in [1.29, 1.82) is 0 Å². The van der Waals surface area contributed by atoms with Crippen LogP contribution in [-0.2, 0) is 0 Å². The Bertz CT molecular complexity index is 990. The number of rotatable bonds is 9. The molecule has 0 amide bonds. The van der Waals surface area contributed by atoms with Crippen LogP contribution in [0.25, 0.3) is 22.6 Å². The molecule has 3 aromatic rings. The van der Waals surface area contributed by atoms with E-state index in [-0.39, 0.29) is 13.0 Å². The maximum absolute atomic E-state index is 10.1. The first-order valence-corrected chi connectivity index (χ1v) is 9.81. The lowest BCUT2D eigenvalue weighted by molar-refractivity contribution is -0.166. The summed E-state index contributed by atoms with van der Waals surface area (Å²) in [6.07, 6.45) is -6.70. The van der Waals surface area contributed by atoms with Crippen LogP contribution in [0.1, 0.15) is 17.9 Å². The molecule has 0 aliphatic rings. The minimum atomic E-state index is -1.76. The summed E-state index contributed by atoms with van der Waals surface area (Å²) >= 11 is 0. The third kappa shape index (κ3) is 5.46. The fourth-order valence-corrected chi connectivity index (χ4v) is 3.08. The first-order valence-electron chi connectivity index (χ1n) is 9.81. The normalized spacial score (nSPS) is 15.3. The van der Waals surface area contributed by atoms with Crippen molar-refractivity contribution in [3.63, 3.8) is 0 Å². The Labute approximate surface area is 179 Å². The first kappa shape index (κ1) is 22.9. The molecule has 1 heterocycles. The van der Waals surface area contributed by atoms with Crippen LogP contribution in [0.3, 0.4) is 0 Å². The molecule has 9 nitrogen and oxygen atoms in total. The molecule has 0 fully saturated rings. The maximum Gasteiger partial charge on any atom is 0.247 e. The molecule has 0 aliphatic heterocycles. The summed E-state index contributed by atoms with van der Waals surface area (Å²) in [5, 5.41) is 56.3. The topological polar surface area (TPSA) is 149 Å². The van der Waals surface area contributed by atoms with Crippen LogP contribution in [0.5, 0.6) is 5.75 Å². The fourth-order valence-electron chi connectivity index (χ4n) is 3.08. The van der Waals surface area contributed by atoms with Gasteiger partial charge >= 0.3 is 0 Å². The predicted octanol–water partition coefficient (Wildman–Crippen LogP) is 1.18. The lowest BCUT2D eigenvalue weighted by Crippen LogP contribution is -2.47. The standard InChI is InChI=1S/C22H26N2O7/c1-12-11-16(14-3-5-15(6-4-14)21-24-23-13(2)30-21)7-8-18(12)31-22(29)20(28)19(27)17(26)9-10-25/h3-8,11,17,19-20,22,25-29H,9-10H2,1-2H3. The summed E-state index contributed by atoms with van der Waals surface area (Å²) in [6.45, 7) is 3.15. The van der Waals surface area contributed by atoms with Gasteiger partial charge in [-0.1, -0.05) is 18.2 Å². The van der Waals surface area contributed by atoms with Crippen molar-refractivity contribution >= 4 is 0 Å². The second-order valence-corrected chi connectivity index (χ2v) is 7.25. The van der Waals surface area contributed by atoms with E-state index < -0.39 is 24.6 Å². The average molecular weight is 430 g/mol. The molecule has 0 spiro atoms. The third-order valence-electron chi connectivity index (χ3n) is 4.88. The second-order valence-electron chi connectivity index (χ2n) is 7.25. The summed E-state index contributed by atoms with van der Waals surface area (Å²) < 4.78 is 10.8. The van der Waals surface area contributed by atoms with Gasteiger partial charge in [-0.05, 0) is 54.3 Å². The van der Waals surface area contributed by atoms with Crippen LogP contribution in [0.15, 0.2) is 46.9 Å². The molecule has 4 atom stereocenters. The molecule has 5 N–H and O–H groups in total. The Morgan fingerprint density at radius 2 is 1.52 bits per heavy atom. The number of benzene rings is 2. The first-order chi connectivity index (χ1) is 14.8. The molecule has 0 saturated carbocycles. The van der Waals surface area contributed by atoms with Gasteiger partial charge in [-0.25, -0.2) is 0 Å². The van der Waals surface area contributed by atoms with Crippen LogP contribution in [0.4, 0.5) is 0 Å². The molecule has 2 aromatic carbocycles. The second kappa shape index (κ2) is 9.99. The summed E-state index contributed by atoms with van der Waals surface area (Å²) in [5.41, 5.74) is 3.36. The molecule has 0 radical (unpaired) electrons. The highest BCUT2D eigenvalue weighted by molar-refractivity contribution is 5.68. The number of nitrogens with zero attached hydrogens (tertiary/aromatic N) is 2. The van der Waals surface area contributed by atoms with Gasteiger partial charge in [0, 0.05) is 19.1 Å². The van der Waals surface area contributed by atoms with E-state index in [1.54, 1.807) is 26.0 Å². The van der Waals surface area contributed by atoms with E-state index in [0.29, 0.717) is 23.1 Å². The number of aromatic nitrogens is 2. The van der Waals surface area contributed by atoms with Gasteiger partial charge in [0.1, 0.15) is 18.0 Å². The Morgan fingerprint density at radius 3 is 2.10 bits per heavy atom. The van der Waals surface area contributed by atoms with Crippen LogP contribution in [0, 0.1) is 13.8 Å². The molecule has 3 rings (SSSR count). The van der Waals surface area contributed by atoms with Gasteiger partial charge in [0.25, 0.3) is 0 Å². The molecule has 31 heavy (non-hydrogen) atoms. The predicted molar refractivity (Wildman–Crippen MR) is 111 cm³/mol. The van der Waals surface area contributed by atoms with Crippen molar-refractivity contribution in [1.82, 2.24) is 10.2 Å². The van der Waals surface area contributed by atoms with E-state index >= 15 is 0 Å². The number of ether oxygens (including phenoxy) is 1. The third-order valence-corrected chi connectivity index (χ3v) is 4.88. The largest absolute Gasteiger partial charge is 0.462 e. The minimum Gasteiger partial charge on any atom is -0.462 e. The van der Waals surface area contributed by atoms with Crippen LogP contribution < -0.4 is 4.74 Å². The van der Waals surface area contributed by atoms with E-state index in [2.05, 4.69) is 10.2 Å². The van der Waals surface area contributed by atoms with Gasteiger partial charge in [-0.15, -0.1) is 10.2 Å². The Kier molecular flexibility index (Phi) is 7.37. The number of aliphatic hydroxyl groups is 5. The molecular formula is C22H26N2O7. The van der Waals surface area contributed by atoms with Gasteiger partial charge < -0.3 is 34.7 Å². The van der Waals surface area contributed by atoms with Crippen LogP contribution >= 0.6 is 0 Å². The summed E-state index contributed by atoms with van der Waals surface area (Å²) in [5.74, 6) is 1.26. The quantitative estimate of drug-likeness (QED) is 0.315. The van der Waals surface area contributed by atoms with Crippen molar-refractivity contribution in [2.75, 3.05) is 6.61 Å². The van der Waals surface area contributed by atoms with Crippen LogP contribution in [0.2, 0.25) is 0 Å². The summed E-state index contributed by atoms with van der Waals surface area (Å²) in [6, 6.07) is 12.9. The zero-order chi connectivity index (χ0) is 22.5. The highest BCUT2D eigenvalue weighted by Gasteiger charge is 2.31. The lowest BCUT2D eigenvalue weighted by Gasteiger charge is -2.27. The Balaban J connectivity index is 1.69. The van der Waals surface area contributed by atoms with Gasteiger partial charge in [0.15, 0.2) is 0 Å². The zero-order valence-electron chi connectivity index (χ0n) is 17.2. The Hall–Kier alpha value is -2.82. The molecule has 4 unspecified atom stereocenters. The van der Waals surface area contributed by atoms with E-state index in [1.165, 1.54) is 0 Å². The number of hydrogen-bond donors (Lipinski definition) is 5. The highest BCUT2D eigenvalue weighted by Crippen LogP contribution is 2.29. The minimum absolute atomic E-state index is 0.135. The van der Waals surface area contributed by atoms with Crippen molar-refractivity contribution in [2.24, 2.45) is 0 Å². The van der Waals surface area contributed by atoms with E-state index in [0.717, 1.165) is 16.7 Å². The van der Waals surface area contributed by atoms with E-state index in [4.69, 9.17) is 14.3 Å². The van der Waals surface area contributed by atoms with Crippen molar-refractivity contribution < 1.29 is 34.7 Å². The van der Waals surface area contributed by atoms with E-state index in [9.17, 15) is 20.4 Å². The number of hydrogen-bond acceptors (Lipinski definition) is 9. The molecule has 0 aliphatic carbocycles. The highest BCUT2D eigenvalue weighted by atomic mass is 16.6. The van der Waals surface area contributed by atoms with Crippen molar-refractivity contribution in [2.45, 2.75) is 44.9 Å².